The van der Waals surface area contributed by atoms with Gasteiger partial charge in [-0.3, -0.25) is 4.79 Å². The average Bonchev–Trinajstić information content (AvgIpc) is 2.61. The van der Waals surface area contributed by atoms with Crippen molar-refractivity contribution >= 4 is 23.2 Å². The van der Waals surface area contributed by atoms with E-state index in [1.807, 2.05) is 28.8 Å². The van der Waals surface area contributed by atoms with Gasteiger partial charge in [-0.15, -0.1) is 6.58 Å². The second-order valence-corrected chi connectivity index (χ2v) is 7.18. The first-order chi connectivity index (χ1) is 12.1. The van der Waals surface area contributed by atoms with Crippen LogP contribution in [0.25, 0.3) is 0 Å². The number of halogens is 2. The molecular formula is C20H22Cl2N2O. The highest BCUT2D eigenvalue weighted by Gasteiger charge is 2.22. The fourth-order valence-corrected chi connectivity index (χ4v) is 3.81. The van der Waals surface area contributed by atoms with Gasteiger partial charge in [0.15, 0.2) is 0 Å². The Morgan fingerprint density at radius 1 is 1.24 bits per heavy atom. The van der Waals surface area contributed by atoms with Crippen LogP contribution in [-0.4, -0.2) is 11.1 Å². The Labute approximate surface area is 158 Å². The van der Waals surface area contributed by atoms with Crippen LogP contribution in [0.4, 0.5) is 0 Å². The van der Waals surface area contributed by atoms with Crippen molar-refractivity contribution in [2.45, 2.75) is 38.3 Å². The first-order valence-electron chi connectivity index (χ1n) is 8.61. The van der Waals surface area contributed by atoms with Crippen molar-refractivity contribution in [3.05, 3.63) is 80.2 Å². The SMILES string of the molecule is C=CCn1c2c(ccc1=O)C(NCCc1ccc(Cl)c(Cl)c1)CCC2. The number of nitrogens with one attached hydrogen (secondary N) is 1. The number of pyridine rings is 1. The molecule has 2 aromatic rings. The first kappa shape index (κ1) is 18.2. The van der Waals surface area contributed by atoms with E-state index in [4.69, 9.17) is 23.2 Å². The predicted octanol–water partition coefficient (Wildman–Crippen LogP) is 4.55. The quantitative estimate of drug-likeness (QED) is 0.750. The molecule has 3 rings (SSSR count). The van der Waals surface area contributed by atoms with E-state index in [2.05, 4.69) is 11.9 Å². The molecule has 1 aliphatic carbocycles. The molecule has 5 heteroatoms. The van der Waals surface area contributed by atoms with Gasteiger partial charge < -0.3 is 9.88 Å². The van der Waals surface area contributed by atoms with Crippen molar-refractivity contribution < 1.29 is 0 Å². The summed E-state index contributed by atoms with van der Waals surface area (Å²) in [5.74, 6) is 0. The van der Waals surface area contributed by atoms with E-state index >= 15 is 0 Å². The molecule has 1 aromatic heterocycles. The lowest BCUT2D eigenvalue weighted by molar-refractivity contribution is 0.446. The number of hydrogen-bond acceptors (Lipinski definition) is 2. The Balaban J connectivity index is 1.71. The van der Waals surface area contributed by atoms with Crippen molar-refractivity contribution in [3.63, 3.8) is 0 Å². The number of rotatable bonds is 6. The van der Waals surface area contributed by atoms with Crippen molar-refractivity contribution in [3.8, 4) is 0 Å². The Morgan fingerprint density at radius 3 is 2.84 bits per heavy atom. The zero-order chi connectivity index (χ0) is 17.8. The molecule has 0 fully saturated rings. The fraction of sp³-hybridized carbons (Fsp3) is 0.350. The lowest BCUT2D eigenvalue weighted by atomic mass is 9.90. The molecule has 1 aromatic carbocycles. The monoisotopic (exact) mass is 376 g/mol. The number of nitrogens with zero attached hydrogens (tertiary/aromatic N) is 1. The second kappa shape index (κ2) is 8.22. The van der Waals surface area contributed by atoms with Crippen molar-refractivity contribution in [2.24, 2.45) is 0 Å². The largest absolute Gasteiger partial charge is 0.310 e. The van der Waals surface area contributed by atoms with Crippen LogP contribution in [0.15, 0.2) is 47.8 Å². The molecule has 0 spiro atoms. The molecule has 0 bridgehead atoms. The van der Waals surface area contributed by atoms with E-state index in [9.17, 15) is 4.79 Å². The molecule has 0 saturated heterocycles. The number of aromatic nitrogens is 1. The standard InChI is InChI=1S/C20H22Cl2N2O/c1-2-12-24-19-5-3-4-18(15(19)7-9-20(24)25)23-11-10-14-6-8-16(21)17(22)13-14/h2,6-9,13,18,23H,1,3-5,10-12H2. The van der Waals surface area contributed by atoms with Crippen molar-refractivity contribution in [1.82, 2.24) is 9.88 Å². The summed E-state index contributed by atoms with van der Waals surface area (Å²) in [5, 5.41) is 4.81. The minimum Gasteiger partial charge on any atom is -0.310 e. The molecule has 1 N–H and O–H groups in total. The van der Waals surface area contributed by atoms with E-state index in [-0.39, 0.29) is 11.6 Å². The Kier molecular flexibility index (Phi) is 6.00. The molecule has 0 aliphatic heterocycles. The minimum absolute atomic E-state index is 0.0510. The van der Waals surface area contributed by atoms with Crippen LogP contribution < -0.4 is 10.9 Å². The Bertz CT molecular complexity index is 829. The summed E-state index contributed by atoms with van der Waals surface area (Å²) < 4.78 is 1.84. The highest BCUT2D eigenvalue weighted by molar-refractivity contribution is 6.42. The molecule has 1 heterocycles. The van der Waals surface area contributed by atoms with Crippen molar-refractivity contribution in [1.29, 1.82) is 0 Å². The zero-order valence-corrected chi connectivity index (χ0v) is 15.6. The predicted molar refractivity (Wildman–Crippen MR) is 105 cm³/mol. The normalized spacial score (nSPS) is 16.5. The maximum absolute atomic E-state index is 12.1. The van der Waals surface area contributed by atoms with Crippen LogP contribution in [-0.2, 0) is 19.4 Å². The van der Waals surface area contributed by atoms with E-state index in [1.54, 1.807) is 12.1 Å². The first-order valence-corrected chi connectivity index (χ1v) is 9.36. The number of hydrogen-bond donors (Lipinski definition) is 1. The number of benzene rings is 1. The Hall–Kier alpha value is -1.55. The molecule has 132 valence electrons. The van der Waals surface area contributed by atoms with Gasteiger partial charge in [-0.05, 0) is 55.5 Å². The maximum atomic E-state index is 12.1. The van der Waals surface area contributed by atoms with Gasteiger partial charge in [-0.2, -0.15) is 0 Å². The molecule has 0 saturated carbocycles. The molecule has 1 atom stereocenters. The van der Waals surface area contributed by atoms with E-state index < -0.39 is 0 Å². The highest BCUT2D eigenvalue weighted by atomic mass is 35.5. The van der Waals surface area contributed by atoms with Gasteiger partial charge in [-0.25, -0.2) is 0 Å². The molecular weight excluding hydrogens is 355 g/mol. The fourth-order valence-electron chi connectivity index (χ4n) is 3.49. The van der Waals surface area contributed by atoms with E-state index in [0.29, 0.717) is 16.6 Å². The number of allylic oxidation sites excluding steroid dienone is 1. The lowest BCUT2D eigenvalue weighted by Crippen LogP contribution is -2.32. The van der Waals surface area contributed by atoms with Gasteiger partial charge in [0.05, 0.1) is 10.0 Å². The maximum Gasteiger partial charge on any atom is 0.251 e. The third kappa shape index (κ3) is 4.17. The zero-order valence-electron chi connectivity index (χ0n) is 14.1. The Morgan fingerprint density at radius 2 is 2.08 bits per heavy atom. The topological polar surface area (TPSA) is 34.0 Å². The molecule has 0 amide bonds. The second-order valence-electron chi connectivity index (χ2n) is 6.37. The third-order valence-electron chi connectivity index (χ3n) is 4.71. The van der Waals surface area contributed by atoms with Gasteiger partial charge >= 0.3 is 0 Å². The van der Waals surface area contributed by atoms with Gasteiger partial charge in [0.25, 0.3) is 5.56 Å². The summed E-state index contributed by atoms with van der Waals surface area (Å²) in [7, 11) is 0. The smallest absolute Gasteiger partial charge is 0.251 e. The molecule has 3 nitrogen and oxygen atoms in total. The van der Waals surface area contributed by atoms with Crippen LogP contribution in [0.3, 0.4) is 0 Å². The summed E-state index contributed by atoms with van der Waals surface area (Å²) in [6.07, 6.45) is 5.78. The van der Waals surface area contributed by atoms with E-state index in [0.717, 1.165) is 43.5 Å². The van der Waals surface area contributed by atoms with Crippen molar-refractivity contribution in [2.75, 3.05) is 6.54 Å². The van der Waals surface area contributed by atoms with Gasteiger partial charge in [0, 0.05) is 24.3 Å². The summed E-state index contributed by atoms with van der Waals surface area (Å²) >= 11 is 12.0. The third-order valence-corrected chi connectivity index (χ3v) is 5.45. The van der Waals surface area contributed by atoms with Crippen LogP contribution in [0, 0.1) is 0 Å². The molecule has 1 aliphatic rings. The summed E-state index contributed by atoms with van der Waals surface area (Å²) in [4.78, 5) is 12.1. The summed E-state index contributed by atoms with van der Waals surface area (Å²) in [5.41, 5.74) is 3.59. The molecule has 1 unspecified atom stereocenters. The summed E-state index contributed by atoms with van der Waals surface area (Å²) in [6, 6.07) is 9.69. The van der Waals surface area contributed by atoms with Gasteiger partial charge in [0.1, 0.15) is 0 Å². The van der Waals surface area contributed by atoms with Gasteiger partial charge in [0.2, 0.25) is 0 Å². The van der Waals surface area contributed by atoms with Crippen LogP contribution >= 0.6 is 23.2 Å². The van der Waals surface area contributed by atoms with Gasteiger partial charge in [-0.1, -0.05) is 41.4 Å². The highest BCUT2D eigenvalue weighted by Crippen LogP contribution is 2.29. The lowest BCUT2D eigenvalue weighted by Gasteiger charge is -2.28. The van der Waals surface area contributed by atoms with Crippen LogP contribution in [0.5, 0.6) is 0 Å². The summed E-state index contributed by atoms with van der Waals surface area (Å²) in [6.45, 7) is 5.18. The van der Waals surface area contributed by atoms with Crippen LogP contribution in [0.2, 0.25) is 10.0 Å². The minimum atomic E-state index is 0.0510. The molecule has 0 radical (unpaired) electrons. The van der Waals surface area contributed by atoms with Crippen LogP contribution in [0.1, 0.15) is 35.7 Å². The average molecular weight is 377 g/mol. The molecule has 25 heavy (non-hydrogen) atoms. The van der Waals surface area contributed by atoms with E-state index in [1.165, 1.54) is 5.56 Å². The number of fused-ring (bicyclic) bond motifs is 1.